The third-order valence-electron chi connectivity index (χ3n) is 6.31. The average molecular weight is 472 g/mol. The lowest BCUT2D eigenvalue weighted by Crippen LogP contribution is -2.46. The number of aryl methyl sites for hydroxylation is 2. The van der Waals surface area contributed by atoms with Crippen LogP contribution in [0.15, 0.2) is 41.3 Å². The van der Waals surface area contributed by atoms with Gasteiger partial charge in [-0.15, -0.1) is 0 Å². The third-order valence-corrected chi connectivity index (χ3v) is 8.32. The van der Waals surface area contributed by atoms with Crippen molar-refractivity contribution in [3.63, 3.8) is 0 Å². The van der Waals surface area contributed by atoms with E-state index in [4.69, 9.17) is 4.74 Å². The molecule has 0 radical (unpaired) electrons. The number of amides is 2. The number of nitrogens with zero attached hydrogens (tertiary/aromatic N) is 2. The van der Waals surface area contributed by atoms with Gasteiger partial charge in [-0.25, -0.2) is 8.42 Å². The van der Waals surface area contributed by atoms with E-state index in [1.54, 1.807) is 31.9 Å². The van der Waals surface area contributed by atoms with Gasteiger partial charge < -0.3 is 15.0 Å². The van der Waals surface area contributed by atoms with Crippen LogP contribution in [0, 0.1) is 19.8 Å². The van der Waals surface area contributed by atoms with Gasteiger partial charge in [0, 0.05) is 31.9 Å². The van der Waals surface area contributed by atoms with Gasteiger partial charge in [-0.1, -0.05) is 17.7 Å². The minimum atomic E-state index is -3.85. The van der Waals surface area contributed by atoms with Crippen LogP contribution in [0.25, 0.3) is 0 Å². The number of benzene rings is 2. The summed E-state index contributed by atoms with van der Waals surface area (Å²) in [6.07, 6.45) is 0.534. The third kappa shape index (κ3) is 4.47. The first-order chi connectivity index (χ1) is 15.6. The first-order valence-corrected chi connectivity index (χ1v) is 12.5. The fourth-order valence-corrected chi connectivity index (χ4v) is 6.04. The number of fused-ring (bicyclic) bond motifs is 1. The van der Waals surface area contributed by atoms with Crippen LogP contribution >= 0.6 is 0 Å². The van der Waals surface area contributed by atoms with Gasteiger partial charge in [0.05, 0.1) is 16.5 Å². The molecule has 2 aromatic rings. The summed E-state index contributed by atoms with van der Waals surface area (Å²) in [5.74, 6) is -0.461. The van der Waals surface area contributed by atoms with Gasteiger partial charge in [-0.2, -0.15) is 4.31 Å². The van der Waals surface area contributed by atoms with E-state index in [0.29, 0.717) is 36.4 Å². The Morgan fingerprint density at radius 1 is 1.18 bits per heavy atom. The standard InChI is InChI=1S/C24H29N3O5S/c1-15-7-9-19(10-8-15)26(4)24(29)18-6-5-11-27(14-18)33(30,31)22-13-21-20(12-16(22)2)25-23(28)17(3)32-21/h7-10,12-13,17-18H,5-6,11,14H2,1-4H3,(H,25,28)/t17-,18-/m0/s1. The van der Waals surface area contributed by atoms with Crippen molar-refractivity contribution in [1.82, 2.24) is 4.31 Å². The zero-order chi connectivity index (χ0) is 23.9. The lowest BCUT2D eigenvalue weighted by Gasteiger charge is -2.34. The highest BCUT2D eigenvalue weighted by Gasteiger charge is 2.36. The van der Waals surface area contributed by atoms with Gasteiger partial charge in [-0.05, 0) is 57.4 Å². The number of hydrogen-bond acceptors (Lipinski definition) is 5. The Bertz CT molecular complexity index is 1190. The fraction of sp³-hybridized carbons (Fsp3) is 0.417. The fourth-order valence-electron chi connectivity index (χ4n) is 4.29. The summed E-state index contributed by atoms with van der Waals surface area (Å²) < 4.78 is 34.1. The topological polar surface area (TPSA) is 96.0 Å². The monoisotopic (exact) mass is 471 g/mol. The summed E-state index contributed by atoms with van der Waals surface area (Å²) >= 11 is 0. The van der Waals surface area contributed by atoms with Gasteiger partial charge in [0.15, 0.2) is 6.10 Å². The van der Waals surface area contributed by atoms with Crippen LogP contribution in [-0.4, -0.2) is 50.8 Å². The van der Waals surface area contributed by atoms with Crippen LogP contribution in [0.4, 0.5) is 11.4 Å². The van der Waals surface area contributed by atoms with Gasteiger partial charge >= 0.3 is 0 Å². The maximum absolute atomic E-state index is 13.5. The minimum Gasteiger partial charge on any atom is -0.479 e. The number of hydrogen-bond donors (Lipinski definition) is 1. The van der Waals surface area contributed by atoms with Crippen molar-refractivity contribution in [3.05, 3.63) is 47.5 Å². The van der Waals surface area contributed by atoms with E-state index in [2.05, 4.69) is 5.32 Å². The summed E-state index contributed by atoms with van der Waals surface area (Å²) in [5.41, 5.74) is 2.86. The zero-order valence-electron chi connectivity index (χ0n) is 19.3. The summed E-state index contributed by atoms with van der Waals surface area (Å²) in [4.78, 5) is 26.8. The van der Waals surface area contributed by atoms with Crippen molar-refractivity contribution in [2.75, 3.05) is 30.4 Å². The molecule has 2 aromatic carbocycles. The van der Waals surface area contributed by atoms with E-state index < -0.39 is 22.0 Å². The maximum Gasteiger partial charge on any atom is 0.265 e. The number of ether oxygens (including phenoxy) is 1. The predicted octanol–water partition coefficient (Wildman–Crippen LogP) is 3.09. The Kier molecular flexibility index (Phi) is 6.20. The van der Waals surface area contributed by atoms with E-state index in [0.717, 1.165) is 11.3 Å². The molecule has 0 aromatic heterocycles. The molecule has 0 aliphatic carbocycles. The SMILES string of the molecule is Cc1ccc(N(C)C(=O)[C@H]2CCCN(S(=O)(=O)c3cc4c(cc3C)NC(=O)[C@H](C)O4)C2)cc1. The second-order valence-electron chi connectivity index (χ2n) is 8.80. The first kappa shape index (κ1) is 23.3. The van der Waals surface area contributed by atoms with Crippen molar-refractivity contribution in [2.45, 2.75) is 44.6 Å². The molecule has 0 saturated carbocycles. The maximum atomic E-state index is 13.5. The molecule has 8 nitrogen and oxygen atoms in total. The number of carbonyl (C=O) groups is 2. The van der Waals surface area contributed by atoms with Crippen LogP contribution in [0.2, 0.25) is 0 Å². The van der Waals surface area contributed by atoms with Crippen molar-refractivity contribution in [3.8, 4) is 5.75 Å². The van der Waals surface area contributed by atoms with Crippen LogP contribution in [0.5, 0.6) is 5.75 Å². The average Bonchev–Trinajstić information content (AvgIpc) is 2.79. The number of piperidine rings is 1. The van der Waals surface area contributed by atoms with E-state index in [1.807, 2.05) is 31.2 Å². The number of anilines is 2. The van der Waals surface area contributed by atoms with E-state index in [-0.39, 0.29) is 23.3 Å². The molecule has 4 rings (SSSR count). The Hall–Kier alpha value is -2.91. The molecule has 2 aliphatic rings. The molecule has 2 aliphatic heterocycles. The lowest BCUT2D eigenvalue weighted by molar-refractivity contribution is -0.123. The van der Waals surface area contributed by atoms with Gasteiger partial charge in [0.2, 0.25) is 15.9 Å². The molecule has 2 amide bonds. The van der Waals surface area contributed by atoms with Gasteiger partial charge in [0.1, 0.15) is 5.75 Å². The molecule has 1 fully saturated rings. The number of sulfonamides is 1. The quantitative estimate of drug-likeness (QED) is 0.739. The highest BCUT2D eigenvalue weighted by atomic mass is 32.2. The molecule has 0 unspecified atom stereocenters. The first-order valence-electron chi connectivity index (χ1n) is 11.0. The Morgan fingerprint density at radius 2 is 1.88 bits per heavy atom. The van der Waals surface area contributed by atoms with E-state index in [1.165, 1.54) is 10.4 Å². The minimum absolute atomic E-state index is 0.0965. The number of nitrogens with one attached hydrogen (secondary N) is 1. The van der Waals surface area contributed by atoms with Gasteiger partial charge in [0.25, 0.3) is 5.91 Å². The molecule has 1 saturated heterocycles. The van der Waals surface area contributed by atoms with Crippen molar-refractivity contribution >= 4 is 33.2 Å². The molecular weight excluding hydrogens is 442 g/mol. The largest absolute Gasteiger partial charge is 0.479 e. The highest BCUT2D eigenvalue weighted by Crippen LogP contribution is 2.36. The summed E-state index contributed by atoms with van der Waals surface area (Å²) in [6.45, 7) is 5.76. The Morgan fingerprint density at radius 3 is 2.58 bits per heavy atom. The van der Waals surface area contributed by atoms with Crippen LogP contribution in [-0.2, 0) is 19.6 Å². The van der Waals surface area contributed by atoms with Crippen LogP contribution in [0.1, 0.15) is 30.9 Å². The van der Waals surface area contributed by atoms with Gasteiger partial charge in [-0.3, -0.25) is 9.59 Å². The molecule has 0 bridgehead atoms. The van der Waals surface area contributed by atoms with Crippen molar-refractivity contribution in [2.24, 2.45) is 5.92 Å². The second-order valence-corrected chi connectivity index (χ2v) is 10.7. The zero-order valence-corrected chi connectivity index (χ0v) is 20.1. The van der Waals surface area contributed by atoms with Crippen molar-refractivity contribution in [1.29, 1.82) is 0 Å². The molecule has 176 valence electrons. The molecule has 2 atom stereocenters. The molecule has 9 heteroatoms. The smallest absolute Gasteiger partial charge is 0.265 e. The van der Waals surface area contributed by atoms with Crippen LogP contribution in [0.3, 0.4) is 0 Å². The second kappa shape index (κ2) is 8.79. The molecule has 2 heterocycles. The summed E-state index contributed by atoms with van der Waals surface area (Å²) in [7, 11) is -2.13. The molecule has 0 spiro atoms. The molecule has 33 heavy (non-hydrogen) atoms. The summed E-state index contributed by atoms with van der Waals surface area (Å²) in [6, 6.07) is 10.8. The van der Waals surface area contributed by atoms with E-state index >= 15 is 0 Å². The predicted molar refractivity (Wildman–Crippen MR) is 126 cm³/mol. The van der Waals surface area contributed by atoms with E-state index in [9.17, 15) is 18.0 Å². The normalized spacial score (nSPS) is 21.0. The van der Waals surface area contributed by atoms with Crippen LogP contribution < -0.4 is 15.0 Å². The lowest BCUT2D eigenvalue weighted by atomic mass is 9.98. The number of rotatable bonds is 4. The number of carbonyl (C=O) groups excluding carboxylic acids is 2. The Balaban J connectivity index is 1.56. The van der Waals surface area contributed by atoms with Crippen molar-refractivity contribution < 1.29 is 22.7 Å². The molecule has 1 N–H and O–H groups in total. The Labute approximate surface area is 194 Å². The molecular formula is C24H29N3O5S. The highest BCUT2D eigenvalue weighted by molar-refractivity contribution is 7.89. The summed E-state index contributed by atoms with van der Waals surface area (Å²) in [5, 5.41) is 2.74.